The predicted octanol–water partition coefficient (Wildman–Crippen LogP) is 0.478. The number of nitrogens with two attached hydrogens (primary N) is 1. The van der Waals surface area contributed by atoms with E-state index in [0.29, 0.717) is 39.1 Å². The minimum absolute atomic E-state index is 0.0682. The second kappa shape index (κ2) is 5.64. The van der Waals surface area contributed by atoms with E-state index in [0.717, 1.165) is 12.8 Å². The van der Waals surface area contributed by atoms with Gasteiger partial charge in [0.2, 0.25) is 0 Å². The van der Waals surface area contributed by atoms with Gasteiger partial charge in [0, 0.05) is 18.6 Å². The number of unbranched alkanes of at least 4 members (excludes halogenated alkanes) is 1. The largest absolute Gasteiger partial charge is 0.449 e. The van der Waals surface area contributed by atoms with Gasteiger partial charge in [0.05, 0.1) is 26.3 Å². The molecule has 6 nitrogen and oxygen atoms in total. The first-order chi connectivity index (χ1) is 9.02. The predicted molar refractivity (Wildman–Crippen MR) is 69.8 cm³/mol. The lowest BCUT2D eigenvalue weighted by Gasteiger charge is -2.46. The van der Waals surface area contributed by atoms with E-state index in [-0.39, 0.29) is 18.3 Å². The summed E-state index contributed by atoms with van der Waals surface area (Å²) in [6.45, 7) is 4.14. The van der Waals surface area contributed by atoms with Gasteiger partial charge in [-0.05, 0) is 12.8 Å². The van der Waals surface area contributed by atoms with E-state index in [2.05, 4.69) is 6.92 Å². The number of hydrogen-bond acceptors (Lipinski definition) is 5. The van der Waals surface area contributed by atoms with Gasteiger partial charge in [0.1, 0.15) is 5.60 Å². The van der Waals surface area contributed by atoms with Gasteiger partial charge in [-0.25, -0.2) is 4.79 Å². The standard InChI is InChI=1S/C13H24N2O4/c1-2-3-6-18-11(17)15-8-13(9-15)7-12(14,4-5-16)10-19-13/h16H,2-10,14H2,1H3. The normalized spacial score (nSPS) is 28.5. The fraction of sp³-hybridized carbons (Fsp3) is 0.923. The van der Waals surface area contributed by atoms with Crippen LogP contribution in [0.5, 0.6) is 0 Å². The van der Waals surface area contributed by atoms with Crippen LogP contribution in [0.3, 0.4) is 0 Å². The van der Waals surface area contributed by atoms with E-state index in [9.17, 15) is 4.79 Å². The average molecular weight is 272 g/mol. The Bertz CT molecular complexity index is 331. The van der Waals surface area contributed by atoms with Crippen molar-refractivity contribution in [2.45, 2.75) is 43.7 Å². The minimum Gasteiger partial charge on any atom is -0.449 e. The summed E-state index contributed by atoms with van der Waals surface area (Å²) < 4.78 is 10.9. The first-order valence-corrected chi connectivity index (χ1v) is 6.98. The van der Waals surface area contributed by atoms with Crippen LogP contribution in [0.25, 0.3) is 0 Å². The fourth-order valence-electron chi connectivity index (χ4n) is 2.80. The Labute approximate surface area is 113 Å². The topological polar surface area (TPSA) is 85.0 Å². The van der Waals surface area contributed by atoms with E-state index in [1.165, 1.54) is 0 Å². The number of amides is 1. The van der Waals surface area contributed by atoms with Gasteiger partial charge >= 0.3 is 6.09 Å². The molecule has 2 saturated heterocycles. The smallest absolute Gasteiger partial charge is 0.409 e. The second-order valence-electron chi connectivity index (χ2n) is 5.81. The highest BCUT2D eigenvalue weighted by Gasteiger charge is 2.55. The Morgan fingerprint density at radius 1 is 1.53 bits per heavy atom. The minimum atomic E-state index is -0.451. The molecule has 2 heterocycles. The first kappa shape index (κ1) is 14.6. The summed E-state index contributed by atoms with van der Waals surface area (Å²) in [4.78, 5) is 13.4. The third-order valence-electron chi connectivity index (χ3n) is 3.89. The van der Waals surface area contributed by atoms with Crippen molar-refractivity contribution >= 4 is 6.09 Å². The van der Waals surface area contributed by atoms with Gasteiger partial charge in [-0.1, -0.05) is 13.3 Å². The van der Waals surface area contributed by atoms with Gasteiger partial charge in [0.25, 0.3) is 0 Å². The number of carbonyl (C=O) groups is 1. The molecule has 3 N–H and O–H groups in total. The molecule has 1 amide bonds. The highest BCUT2D eigenvalue weighted by Crippen LogP contribution is 2.40. The lowest BCUT2D eigenvalue weighted by molar-refractivity contribution is -0.102. The Hall–Kier alpha value is -0.850. The number of hydrogen-bond donors (Lipinski definition) is 2. The van der Waals surface area contributed by atoms with E-state index >= 15 is 0 Å². The molecule has 0 saturated carbocycles. The molecule has 0 aromatic heterocycles. The summed E-state index contributed by atoms with van der Waals surface area (Å²) in [6.07, 6.45) is 2.87. The summed E-state index contributed by atoms with van der Waals surface area (Å²) in [7, 11) is 0. The molecule has 2 rings (SSSR count). The van der Waals surface area contributed by atoms with E-state index in [4.69, 9.17) is 20.3 Å². The molecule has 0 aromatic carbocycles. The number of ether oxygens (including phenoxy) is 2. The van der Waals surface area contributed by atoms with Crippen LogP contribution in [0, 0.1) is 0 Å². The molecule has 0 aromatic rings. The molecular formula is C13H24N2O4. The molecule has 2 aliphatic heterocycles. The van der Waals surface area contributed by atoms with Gasteiger partial charge in [-0.2, -0.15) is 0 Å². The zero-order valence-electron chi connectivity index (χ0n) is 11.6. The molecule has 1 spiro atoms. The third kappa shape index (κ3) is 3.19. The zero-order chi connectivity index (χ0) is 13.9. The average Bonchev–Trinajstić information content (AvgIpc) is 2.66. The van der Waals surface area contributed by atoms with Crippen molar-refractivity contribution < 1.29 is 19.4 Å². The maximum atomic E-state index is 11.7. The molecule has 0 aliphatic carbocycles. The zero-order valence-corrected chi connectivity index (χ0v) is 11.6. The lowest BCUT2D eigenvalue weighted by atomic mass is 9.82. The Balaban J connectivity index is 1.75. The summed E-state index contributed by atoms with van der Waals surface area (Å²) in [5.41, 5.74) is 5.39. The lowest BCUT2D eigenvalue weighted by Crippen LogP contribution is -2.64. The van der Waals surface area contributed by atoms with E-state index < -0.39 is 5.54 Å². The Morgan fingerprint density at radius 2 is 2.26 bits per heavy atom. The molecule has 1 unspecified atom stereocenters. The van der Waals surface area contributed by atoms with Gasteiger partial charge in [-0.3, -0.25) is 0 Å². The van der Waals surface area contributed by atoms with Crippen LogP contribution in [-0.2, 0) is 9.47 Å². The van der Waals surface area contributed by atoms with Gasteiger partial charge in [-0.15, -0.1) is 0 Å². The summed E-state index contributed by atoms with van der Waals surface area (Å²) in [6, 6.07) is 0. The van der Waals surface area contributed by atoms with Crippen molar-refractivity contribution in [1.82, 2.24) is 4.90 Å². The molecule has 6 heteroatoms. The number of likely N-dealkylation sites (tertiary alicyclic amines) is 1. The fourth-order valence-corrected chi connectivity index (χ4v) is 2.80. The molecule has 0 bridgehead atoms. The monoisotopic (exact) mass is 272 g/mol. The number of nitrogens with zero attached hydrogens (tertiary/aromatic N) is 1. The molecule has 110 valence electrons. The van der Waals surface area contributed by atoms with E-state index in [1.54, 1.807) is 4.90 Å². The highest BCUT2D eigenvalue weighted by atomic mass is 16.6. The van der Waals surface area contributed by atoms with Crippen LogP contribution >= 0.6 is 0 Å². The van der Waals surface area contributed by atoms with Crippen LogP contribution in [0.15, 0.2) is 0 Å². The molecule has 2 fully saturated rings. The van der Waals surface area contributed by atoms with Crippen molar-refractivity contribution in [2.75, 3.05) is 32.9 Å². The quantitative estimate of drug-likeness (QED) is 0.711. The van der Waals surface area contributed by atoms with Crippen molar-refractivity contribution in [3.63, 3.8) is 0 Å². The molecular weight excluding hydrogens is 248 g/mol. The molecule has 2 aliphatic rings. The summed E-state index contributed by atoms with van der Waals surface area (Å²) in [5.74, 6) is 0. The maximum absolute atomic E-state index is 11.7. The summed E-state index contributed by atoms with van der Waals surface area (Å²) >= 11 is 0. The van der Waals surface area contributed by atoms with Crippen LogP contribution in [0.1, 0.15) is 32.6 Å². The van der Waals surface area contributed by atoms with Crippen LogP contribution in [0.4, 0.5) is 4.79 Å². The van der Waals surface area contributed by atoms with Crippen molar-refractivity contribution in [3.05, 3.63) is 0 Å². The number of rotatable bonds is 5. The van der Waals surface area contributed by atoms with Crippen molar-refractivity contribution in [1.29, 1.82) is 0 Å². The van der Waals surface area contributed by atoms with Gasteiger partial charge in [0.15, 0.2) is 0 Å². The van der Waals surface area contributed by atoms with Crippen LogP contribution < -0.4 is 5.73 Å². The molecule has 1 atom stereocenters. The number of aliphatic hydroxyl groups excluding tert-OH is 1. The molecule has 0 radical (unpaired) electrons. The number of aliphatic hydroxyl groups is 1. The second-order valence-corrected chi connectivity index (χ2v) is 5.81. The Kier molecular flexibility index (Phi) is 4.32. The van der Waals surface area contributed by atoms with E-state index in [1.807, 2.05) is 0 Å². The van der Waals surface area contributed by atoms with Gasteiger partial charge < -0.3 is 25.2 Å². The van der Waals surface area contributed by atoms with Crippen molar-refractivity contribution in [3.8, 4) is 0 Å². The third-order valence-corrected chi connectivity index (χ3v) is 3.89. The first-order valence-electron chi connectivity index (χ1n) is 6.98. The molecule has 19 heavy (non-hydrogen) atoms. The van der Waals surface area contributed by atoms with Crippen LogP contribution in [0.2, 0.25) is 0 Å². The Morgan fingerprint density at radius 3 is 2.89 bits per heavy atom. The summed E-state index contributed by atoms with van der Waals surface area (Å²) in [5, 5.41) is 8.99. The van der Waals surface area contributed by atoms with Crippen LogP contribution in [-0.4, -0.2) is 60.1 Å². The maximum Gasteiger partial charge on any atom is 0.409 e. The van der Waals surface area contributed by atoms with Crippen molar-refractivity contribution in [2.24, 2.45) is 5.73 Å². The SMILES string of the molecule is CCCCOC(=O)N1CC2(C1)CC(N)(CCO)CO2. The highest BCUT2D eigenvalue weighted by molar-refractivity contribution is 5.69. The number of carbonyl (C=O) groups excluding carboxylic acids is 1.